The zero-order valence-corrected chi connectivity index (χ0v) is 14.9. The van der Waals surface area contributed by atoms with Crippen molar-refractivity contribution < 1.29 is 29.3 Å². The highest BCUT2D eigenvalue weighted by atomic mass is 32.2. The lowest BCUT2D eigenvalue weighted by molar-refractivity contribution is -0.399. The number of benzene rings is 1. The van der Waals surface area contributed by atoms with Crippen LogP contribution in [0.2, 0.25) is 0 Å². The summed E-state index contributed by atoms with van der Waals surface area (Å²) in [6.45, 7) is 4.77. The van der Waals surface area contributed by atoms with E-state index in [9.17, 15) is 34.9 Å². The van der Waals surface area contributed by atoms with Crippen LogP contribution in [0.15, 0.2) is 23.1 Å². The summed E-state index contributed by atoms with van der Waals surface area (Å²) in [6.07, 6.45) is -0.984. The van der Waals surface area contributed by atoms with Crippen LogP contribution in [0.25, 0.3) is 0 Å². The van der Waals surface area contributed by atoms with Crippen molar-refractivity contribution in [2.24, 2.45) is 0 Å². The molecule has 1 atom stereocenters. The summed E-state index contributed by atoms with van der Waals surface area (Å²) < 4.78 is 4.96. The van der Waals surface area contributed by atoms with Gasteiger partial charge in [0.05, 0.1) is 9.85 Å². The van der Waals surface area contributed by atoms with E-state index in [0.29, 0.717) is 11.8 Å². The van der Waals surface area contributed by atoms with Crippen molar-refractivity contribution in [1.82, 2.24) is 5.32 Å². The highest BCUT2D eigenvalue weighted by molar-refractivity contribution is 7.99. The lowest BCUT2D eigenvalue weighted by Gasteiger charge is -2.21. The van der Waals surface area contributed by atoms with Crippen LogP contribution in [0.1, 0.15) is 20.8 Å². The molecule has 0 unspecified atom stereocenters. The van der Waals surface area contributed by atoms with Crippen LogP contribution in [0.5, 0.6) is 0 Å². The van der Waals surface area contributed by atoms with E-state index in [4.69, 9.17) is 4.74 Å². The minimum Gasteiger partial charge on any atom is -0.480 e. The number of carbonyl (C=O) groups excluding carboxylic acids is 1. The molecule has 0 aromatic heterocycles. The second kappa shape index (κ2) is 8.47. The number of amides is 1. The number of nitrogens with zero attached hydrogens (tertiary/aromatic N) is 2. The molecule has 0 saturated carbocycles. The Bertz CT molecular complexity index is 699. The maximum atomic E-state index is 11.7. The van der Waals surface area contributed by atoms with Gasteiger partial charge in [-0.3, -0.25) is 20.2 Å². The molecule has 0 radical (unpaired) electrons. The Balaban J connectivity index is 3.00. The first-order valence-corrected chi connectivity index (χ1v) is 8.18. The topological polar surface area (TPSA) is 162 Å². The SMILES string of the molecule is CC(C)(C)OC(=O)N[C@@H](CSc1c([N+](=O)[O-])cccc1[N+](=O)[O-])C(=O)O. The molecule has 2 N–H and O–H groups in total. The maximum Gasteiger partial charge on any atom is 0.408 e. The Morgan fingerprint density at radius 1 is 1.23 bits per heavy atom. The number of thioether (sulfide) groups is 1. The molecule has 0 saturated heterocycles. The number of carbonyl (C=O) groups is 2. The normalized spacial score (nSPS) is 12.1. The van der Waals surface area contributed by atoms with Crippen molar-refractivity contribution in [3.05, 3.63) is 38.4 Å². The van der Waals surface area contributed by atoms with Gasteiger partial charge in [0.2, 0.25) is 0 Å². The number of alkyl carbamates (subject to hydrolysis) is 1. The molecule has 142 valence electrons. The van der Waals surface area contributed by atoms with Gasteiger partial charge in [-0.25, -0.2) is 9.59 Å². The molecular weight excluding hydrogens is 370 g/mol. The molecule has 1 aromatic rings. The average molecular weight is 387 g/mol. The molecule has 0 heterocycles. The number of rotatable bonds is 7. The van der Waals surface area contributed by atoms with E-state index in [1.54, 1.807) is 20.8 Å². The van der Waals surface area contributed by atoms with Gasteiger partial charge in [0.15, 0.2) is 4.90 Å². The molecule has 1 rings (SSSR count). The summed E-state index contributed by atoms with van der Waals surface area (Å²) in [6, 6.07) is 1.85. The van der Waals surface area contributed by atoms with Gasteiger partial charge in [-0.15, -0.1) is 11.8 Å². The van der Waals surface area contributed by atoms with Gasteiger partial charge in [-0.05, 0) is 26.8 Å². The number of ether oxygens (including phenoxy) is 1. The summed E-state index contributed by atoms with van der Waals surface area (Å²) in [5.74, 6) is -1.79. The number of nitro groups is 2. The predicted molar refractivity (Wildman–Crippen MR) is 91.3 cm³/mol. The Morgan fingerprint density at radius 3 is 2.12 bits per heavy atom. The van der Waals surface area contributed by atoms with Gasteiger partial charge in [-0.2, -0.15) is 0 Å². The zero-order chi connectivity index (χ0) is 20.1. The molecule has 0 aliphatic heterocycles. The quantitative estimate of drug-likeness (QED) is 0.406. The second-order valence-electron chi connectivity index (χ2n) is 5.99. The summed E-state index contributed by atoms with van der Waals surface area (Å²) >= 11 is 0.592. The maximum absolute atomic E-state index is 11.7. The first-order valence-electron chi connectivity index (χ1n) is 7.19. The van der Waals surface area contributed by atoms with Gasteiger partial charge in [0.1, 0.15) is 11.6 Å². The number of carboxylic acid groups (broad SMARTS) is 1. The van der Waals surface area contributed by atoms with Crippen molar-refractivity contribution in [3.63, 3.8) is 0 Å². The highest BCUT2D eigenvalue weighted by Gasteiger charge is 2.29. The van der Waals surface area contributed by atoms with E-state index in [2.05, 4.69) is 5.32 Å². The van der Waals surface area contributed by atoms with Crippen LogP contribution in [0.4, 0.5) is 16.2 Å². The third kappa shape index (κ3) is 6.20. The van der Waals surface area contributed by atoms with Gasteiger partial charge in [0, 0.05) is 17.9 Å². The monoisotopic (exact) mass is 387 g/mol. The Hall–Kier alpha value is -2.89. The first-order chi connectivity index (χ1) is 11.9. The van der Waals surface area contributed by atoms with Crippen molar-refractivity contribution >= 4 is 35.2 Å². The molecule has 0 fully saturated rings. The van der Waals surface area contributed by atoms with E-state index < -0.39 is 44.9 Å². The largest absolute Gasteiger partial charge is 0.480 e. The standard InChI is InChI=1S/C14H17N3O8S/c1-14(2,3)25-13(20)15-8(12(18)19)7-26-11-9(16(21)22)5-4-6-10(11)17(23)24/h4-6,8H,7H2,1-3H3,(H,15,20)(H,18,19)/t8-/m0/s1. The number of aliphatic carboxylic acids is 1. The van der Waals surface area contributed by atoms with Crippen molar-refractivity contribution in [2.75, 3.05) is 5.75 Å². The number of nitrogens with one attached hydrogen (secondary N) is 1. The minimum absolute atomic E-state index is 0.292. The molecular formula is C14H17N3O8S. The second-order valence-corrected chi connectivity index (χ2v) is 7.02. The lowest BCUT2D eigenvalue weighted by atomic mass is 10.2. The van der Waals surface area contributed by atoms with E-state index in [0.717, 1.165) is 18.2 Å². The Labute approximate surface area is 152 Å². The number of nitro benzene ring substituents is 2. The molecule has 0 aliphatic rings. The van der Waals surface area contributed by atoms with Crippen LogP contribution in [0, 0.1) is 20.2 Å². The molecule has 0 spiro atoms. The zero-order valence-electron chi connectivity index (χ0n) is 14.1. The number of hydrogen-bond donors (Lipinski definition) is 2. The smallest absolute Gasteiger partial charge is 0.408 e. The van der Waals surface area contributed by atoms with Crippen LogP contribution in [0.3, 0.4) is 0 Å². The summed E-state index contributed by atoms with van der Waals surface area (Å²) in [4.78, 5) is 43.3. The molecule has 1 aromatic carbocycles. The third-order valence-electron chi connectivity index (χ3n) is 2.75. The number of carboxylic acids is 1. The fraction of sp³-hybridized carbons (Fsp3) is 0.429. The third-order valence-corrected chi connectivity index (χ3v) is 3.96. The fourth-order valence-corrected chi connectivity index (χ4v) is 2.88. The average Bonchev–Trinajstić information content (AvgIpc) is 2.48. The first kappa shape index (κ1) is 21.2. The molecule has 12 heteroatoms. The van der Waals surface area contributed by atoms with Crippen molar-refractivity contribution in [1.29, 1.82) is 0 Å². The Kier molecular flexibility index (Phi) is 6.89. The summed E-state index contributed by atoms with van der Waals surface area (Å²) in [5.41, 5.74) is -1.90. The molecule has 1 amide bonds. The highest BCUT2D eigenvalue weighted by Crippen LogP contribution is 2.37. The van der Waals surface area contributed by atoms with Crippen molar-refractivity contribution in [3.8, 4) is 0 Å². The van der Waals surface area contributed by atoms with Crippen molar-refractivity contribution in [2.45, 2.75) is 37.3 Å². The van der Waals surface area contributed by atoms with E-state index in [-0.39, 0.29) is 10.6 Å². The summed E-state index contributed by atoms with van der Waals surface area (Å²) in [7, 11) is 0. The van der Waals surface area contributed by atoms with Gasteiger partial charge >= 0.3 is 12.1 Å². The number of hydrogen-bond acceptors (Lipinski definition) is 8. The van der Waals surface area contributed by atoms with Gasteiger partial charge in [-0.1, -0.05) is 0 Å². The van der Waals surface area contributed by atoms with E-state index in [1.807, 2.05) is 0 Å². The molecule has 0 bridgehead atoms. The van der Waals surface area contributed by atoms with Crippen LogP contribution in [-0.2, 0) is 9.53 Å². The predicted octanol–water partition coefficient (Wildman–Crippen LogP) is 2.57. The van der Waals surface area contributed by atoms with Crippen LogP contribution in [-0.4, -0.2) is 44.4 Å². The summed E-state index contributed by atoms with van der Waals surface area (Å²) in [5, 5.41) is 33.5. The van der Waals surface area contributed by atoms with Crippen LogP contribution < -0.4 is 5.32 Å². The fourth-order valence-electron chi connectivity index (χ4n) is 1.74. The van der Waals surface area contributed by atoms with E-state index in [1.165, 1.54) is 0 Å². The van der Waals surface area contributed by atoms with Gasteiger partial charge < -0.3 is 15.2 Å². The molecule has 0 aliphatic carbocycles. The minimum atomic E-state index is -1.46. The van der Waals surface area contributed by atoms with Crippen LogP contribution >= 0.6 is 11.8 Å². The van der Waals surface area contributed by atoms with Gasteiger partial charge in [0.25, 0.3) is 11.4 Å². The Morgan fingerprint density at radius 2 is 1.73 bits per heavy atom. The molecule has 11 nitrogen and oxygen atoms in total. The molecule has 26 heavy (non-hydrogen) atoms. The lowest BCUT2D eigenvalue weighted by Crippen LogP contribution is -2.44. The van der Waals surface area contributed by atoms with E-state index >= 15 is 0 Å².